The standard InChI is InChI=1S/C38H62O15/c1-16-27-23(53-38(16)8-4-5-9-48-38)11-20-18-7-6-17-10-22(21(41)13-36(17,2)19(18)12-26(42)37(20,27)3)49-34-32(47)30(45)33(25(15-40)51-34)52-35-31(46)29(44)28(43)24(14-39)50-35/h16-35,39-47H,4-15H2,1-3H3/t16-,17?,18?,19?,20?,21+,22+,23?,24+,25+,26-,27?,28+,29-,30+,31+,32+,33-,34+,35-,36-,37+,38+/m0/s1. The van der Waals surface area contributed by atoms with Gasteiger partial charge in [0.1, 0.15) is 48.8 Å². The van der Waals surface area contributed by atoms with Crippen LogP contribution in [0.25, 0.3) is 0 Å². The van der Waals surface area contributed by atoms with E-state index in [1.807, 2.05) is 0 Å². The van der Waals surface area contributed by atoms with E-state index in [0.717, 1.165) is 45.1 Å². The number of aliphatic hydroxyl groups excluding tert-OH is 9. The molecule has 0 bridgehead atoms. The highest BCUT2D eigenvalue weighted by Gasteiger charge is 2.71. The van der Waals surface area contributed by atoms with E-state index in [0.29, 0.717) is 31.1 Å². The van der Waals surface area contributed by atoms with Crippen LogP contribution in [0.4, 0.5) is 0 Å². The van der Waals surface area contributed by atoms with Crippen molar-refractivity contribution in [3.8, 4) is 0 Å². The van der Waals surface area contributed by atoms with E-state index in [-0.39, 0.29) is 40.6 Å². The summed E-state index contributed by atoms with van der Waals surface area (Å²) in [6, 6.07) is 0. The molecule has 0 radical (unpaired) electrons. The normalized spacial score (nSPS) is 59.5. The van der Waals surface area contributed by atoms with Gasteiger partial charge in [0.2, 0.25) is 0 Å². The second kappa shape index (κ2) is 14.3. The fraction of sp³-hybridized carbons (Fsp3) is 1.00. The Bertz CT molecular complexity index is 1300. The predicted molar refractivity (Wildman–Crippen MR) is 181 cm³/mol. The Kier molecular flexibility index (Phi) is 10.6. The van der Waals surface area contributed by atoms with Crippen molar-refractivity contribution in [3.05, 3.63) is 0 Å². The third kappa shape index (κ3) is 6.02. The Morgan fingerprint density at radius 1 is 0.736 bits per heavy atom. The lowest BCUT2D eigenvalue weighted by Crippen LogP contribution is -2.65. The summed E-state index contributed by atoms with van der Waals surface area (Å²) < 4.78 is 36.4. The average molecular weight is 759 g/mol. The SMILES string of the molecule is C[C@H]1C2C(CC3C4CCC5C[C@@H](O[C@@H]6O[C@H](CO)[C@H](O[C@@H]7O[C@H](CO)[C@@H](O)[C@H](O)[C@H]7O)[C@H](O)[C@H]6O)[C@H](O)C[C@]5(C)C4C[C@H](O)[C@@]32C)O[C@]12CCCCO2. The molecule has 4 saturated carbocycles. The summed E-state index contributed by atoms with van der Waals surface area (Å²) >= 11 is 0. The summed E-state index contributed by atoms with van der Waals surface area (Å²) in [5.41, 5.74) is -0.535. The topological polar surface area (TPSA) is 237 Å². The molecule has 53 heavy (non-hydrogen) atoms. The van der Waals surface area contributed by atoms with E-state index in [9.17, 15) is 46.0 Å². The lowest BCUT2D eigenvalue weighted by Gasteiger charge is -2.63. The van der Waals surface area contributed by atoms with E-state index in [1.54, 1.807) is 0 Å². The molecule has 9 N–H and O–H groups in total. The summed E-state index contributed by atoms with van der Waals surface area (Å²) in [4.78, 5) is 0. The molecule has 0 aromatic heterocycles. The molecule has 4 heterocycles. The van der Waals surface area contributed by atoms with Gasteiger partial charge in [-0.2, -0.15) is 0 Å². The summed E-state index contributed by atoms with van der Waals surface area (Å²) in [6.45, 7) is 6.17. The third-order valence-corrected chi connectivity index (χ3v) is 16.0. The van der Waals surface area contributed by atoms with Crippen molar-refractivity contribution in [1.29, 1.82) is 0 Å². The molecule has 15 heteroatoms. The molecule has 1 spiro atoms. The number of ether oxygens (including phenoxy) is 6. The van der Waals surface area contributed by atoms with Gasteiger partial charge in [0.05, 0.1) is 44.2 Å². The highest BCUT2D eigenvalue weighted by Crippen LogP contribution is 2.71. The Morgan fingerprint density at radius 3 is 2.13 bits per heavy atom. The van der Waals surface area contributed by atoms with Gasteiger partial charge in [-0.15, -0.1) is 0 Å². The molecule has 304 valence electrons. The van der Waals surface area contributed by atoms with Crippen LogP contribution in [-0.4, -0.2) is 157 Å². The van der Waals surface area contributed by atoms with Gasteiger partial charge in [-0.25, -0.2) is 0 Å². The first-order chi connectivity index (χ1) is 25.2. The van der Waals surface area contributed by atoms with E-state index < -0.39 is 98.7 Å². The largest absolute Gasteiger partial charge is 0.394 e. The van der Waals surface area contributed by atoms with Crippen LogP contribution in [0.5, 0.6) is 0 Å². The first kappa shape index (κ1) is 39.2. The maximum absolute atomic E-state index is 12.1. The molecule has 15 nitrogen and oxygen atoms in total. The van der Waals surface area contributed by atoms with Gasteiger partial charge < -0.3 is 74.4 Å². The Hall–Kier alpha value is -0.600. The maximum atomic E-state index is 12.1. The highest BCUT2D eigenvalue weighted by molar-refractivity contribution is 5.18. The average Bonchev–Trinajstić information content (AvgIpc) is 3.58. The first-order valence-electron chi connectivity index (χ1n) is 20.1. The Labute approximate surface area is 310 Å². The van der Waals surface area contributed by atoms with Gasteiger partial charge in [-0.05, 0) is 80.5 Å². The molecule has 23 atom stereocenters. The Balaban J connectivity index is 0.930. The quantitative estimate of drug-likeness (QED) is 0.150. The van der Waals surface area contributed by atoms with Crippen LogP contribution in [0.2, 0.25) is 0 Å². The molecular weight excluding hydrogens is 696 g/mol. The first-order valence-corrected chi connectivity index (χ1v) is 20.1. The van der Waals surface area contributed by atoms with Gasteiger partial charge in [-0.1, -0.05) is 20.8 Å². The monoisotopic (exact) mass is 758 g/mol. The third-order valence-electron chi connectivity index (χ3n) is 16.0. The zero-order valence-electron chi connectivity index (χ0n) is 31.0. The fourth-order valence-electron chi connectivity index (χ4n) is 13.1. The second-order valence-electron chi connectivity index (χ2n) is 18.3. The minimum absolute atomic E-state index is 0.0639. The van der Waals surface area contributed by atoms with Crippen molar-refractivity contribution in [1.82, 2.24) is 0 Å². The van der Waals surface area contributed by atoms with Crippen LogP contribution in [0.1, 0.15) is 78.6 Å². The summed E-state index contributed by atoms with van der Waals surface area (Å²) in [5, 5.41) is 96.5. The molecule has 0 aromatic rings. The van der Waals surface area contributed by atoms with Crippen LogP contribution in [0.15, 0.2) is 0 Å². The summed E-state index contributed by atoms with van der Waals surface area (Å²) in [7, 11) is 0. The lowest BCUT2D eigenvalue weighted by atomic mass is 9.43. The molecule has 8 rings (SSSR count). The fourth-order valence-corrected chi connectivity index (χ4v) is 13.1. The highest BCUT2D eigenvalue weighted by atomic mass is 16.7. The van der Waals surface area contributed by atoms with Crippen LogP contribution in [0, 0.1) is 46.3 Å². The minimum atomic E-state index is -1.76. The molecule has 8 fully saturated rings. The number of rotatable bonds is 6. The number of hydrogen-bond donors (Lipinski definition) is 9. The molecule has 4 aliphatic carbocycles. The van der Waals surface area contributed by atoms with Gasteiger partial charge in [0, 0.05) is 23.7 Å². The van der Waals surface area contributed by atoms with Gasteiger partial charge >= 0.3 is 0 Å². The van der Waals surface area contributed by atoms with E-state index >= 15 is 0 Å². The van der Waals surface area contributed by atoms with Crippen LogP contribution < -0.4 is 0 Å². The molecule has 0 aromatic carbocycles. The van der Waals surface area contributed by atoms with Gasteiger partial charge in [0.15, 0.2) is 18.4 Å². The zero-order valence-corrected chi connectivity index (χ0v) is 31.0. The molecule has 6 unspecified atom stereocenters. The van der Waals surface area contributed by atoms with Crippen LogP contribution in [-0.2, 0) is 28.4 Å². The van der Waals surface area contributed by atoms with Crippen molar-refractivity contribution in [2.45, 2.75) is 170 Å². The van der Waals surface area contributed by atoms with Crippen molar-refractivity contribution >= 4 is 0 Å². The van der Waals surface area contributed by atoms with Crippen LogP contribution in [0.3, 0.4) is 0 Å². The number of hydrogen-bond acceptors (Lipinski definition) is 15. The minimum Gasteiger partial charge on any atom is -0.394 e. The van der Waals surface area contributed by atoms with Crippen molar-refractivity contribution < 1.29 is 74.4 Å². The van der Waals surface area contributed by atoms with Gasteiger partial charge in [-0.3, -0.25) is 0 Å². The molecule has 0 amide bonds. The van der Waals surface area contributed by atoms with Crippen LogP contribution >= 0.6 is 0 Å². The Morgan fingerprint density at radius 2 is 1.43 bits per heavy atom. The number of fused-ring (bicyclic) bond motifs is 7. The summed E-state index contributed by atoms with van der Waals surface area (Å²) in [6.07, 6.45) is -10.1. The smallest absolute Gasteiger partial charge is 0.187 e. The van der Waals surface area contributed by atoms with Gasteiger partial charge in [0.25, 0.3) is 0 Å². The maximum Gasteiger partial charge on any atom is 0.187 e. The van der Waals surface area contributed by atoms with Crippen molar-refractivity contribution in [2.75, 3.05) is 19.8 Å². The predicted octanol–water partition coefficient (Wildman–Crippen LogP) is -0.862. The molecular formula is C38H62O15. The van der Waals surface area contributed by atoms with E-state index in [4.69, 9.17) is 28.4 Å². The molecule has 4 saturated heterocycles. The lowest BCUT2D eigenvalue weighted by molar-refractivity contribution is -0.366. The summed E-state index contributed by atoms with van der Waals surface area (Å²) in [5.74, 6) is 0.963. The van der Waals surface area contributed by atoms with Crippen molar-refractivity contribution in [3.63, 3.8) is 0 Å². The van der Waals surface area contributed by atoms with E-state index in [1.165, 1.54) is 0 Å². The van der Waals surface area contributed by atoms with Crippen molar-refractivity contribution in [2.24, 2.45) is 46.3 Å². The zero-order chi connectivity index (χ0) is 37.8. The van der Waals surface area contributed by atoms with E-state index in [2.05, 4.69) is 20.8 Å². The molecule has 8 aliphatic rings. The molecule has 4 aliphatic heterocycles. The second-order valence-corrected chi connectivity index (χ2v) is 18.3. The number of aliphatic hydroxyl groups is 9.